The molecule has 2 atom stereocenters. The minimum atomic E-state index is -1.13. The van der Waals surface area contributed by atoms with E-state index in [0.717, 1.165) is 11.3 Å². The zero-order valence-corrected chi connectivity index (χ0v) is 19.7. The highest BCUT2D eigenvalue weighted by Gasteiger charge is 2.34. The maximum atomic E-state index is 13.3. The number of anilines is 1. The largest absolute Gasteiger partial charge is 0.384 e. The van der Waals surface area contributed by atoms with Crippen molar-refractivity contribution in [2.75, 3.05) is 31.1 Å². The fraction of sp³-hybridized carbons (Fsp3) is 0.269. The summed E-state index contributed by atoms with van der Waals surface area (Å²) in [6.07, 6.45) is 0. The molecule has 0 aromatic heterocycles. The second kappa shape index (κ2) is 9.70. The molecule has 0 saturated carbocycles. The highest BCUT2D eigenvalue weighted by Crippen LogP contribution is 2.37. The first-order chi connectivity index (χ1) is 15.8. The molecule has 0 radical (unpaired) electrons. The van der Waals surface area contributed by atoms with Gasteiger partial charge in [0.1, 0.15) is 5.82 Å². The highest BCUT2D eigenvalue weighted by atomic mass is 35.5. The minimum absolute atomic E-state index is 0.0366. The molecule has 0 spiro atoms. The second-order valence-corrected chi connectivity index (χ2v) is 9.40. The molecule has 3 aromatic carbocycles. The molecule has 1 aliphatic heterocycles. The zero-order chi connectivity index (χ0) is 23.6. The lowest BCUT2D eigenvalue weighted by molar-refractivity contribution is 0.0102. The monoisotopic (exact) mass is 483 g/mol. The van der Waals surface area contributed by atoms with Gasteiger partial charge < -0.3 is 10.0 Å². The Morgan fingerprint density at radius 2 is 1.76 bits per heavy atom. The van der Waals surface area contributed by atoms with Gasteiger partial charge in [0.15, 0.2) is 0 Å². The van der Waals surface area contributed by atoms with Crippen LogP contribution in [0.25, 0.3) is 0 Å². The molecule has 1 N–H and O–H groups in total. The van der Waals surface area contributed by atoms with Crippen LogP contribution in [0.15, 0.2) is 66.7 Å². The van der Waals surface area contributed by atoms with E-state index in [1.54, 1.807) is 31.2 Å². The van der Waals surface area contributed by atoms with Gasteiger partial charge in [0.2, 0.25) is 0 Å². The smallest absolute Gasteiger partial charge is 0.123 e. The summed E-state index contributed by atoms with van der Waals surface area (Å²) in [5.74, 6) is -0.328. The summed E-state index contributed by atoms with van der Waals surface area (Å²) < 4.78 is 13.3. The third-order valence-corrected chi connectivity index (χ3v) is 6.66. The molecule has 4 rings (SSSR count). The molecule has 4 nitrogen and oxygen atoms in total. The van der Waals surface area contributed by atoms with Crippen molar-refractivity contribution >= 4 is 28.9 Å². The topological polar surface area (TPSA) is 50.5 Å². The van der Waals surface area contributed by atoms with Crippen molar-refractivity contribution in [3.63, 3.8) is 0 Å². The average Bonchev–Trinajstić information content (AvgIpc) is 2.80. The molecule has 1 saturated heterocycles. The van der Waals surface area contributed by atoms with Crippen molar-refractivity contribution in [2.24, 2.45) is 0 Å². The van der Waals surface area contributed by atoms with Gasteiger partial charge in [-0.3, -0.25) is 4.90 Å². The fourth-order valence-corrected chi connectivity index (χ4v) is 4.80. The molecule has 0 aliphatic carbocycles. The maximum absolute atomic E-state index is 13.3. The van der Waals surface area contributed by atoms with E-state index in [0.29, 0.717) is 47.4 Å². The van der Waals surface area contributed by atoms with Gasteiger partial charge in [-0.2, -0.15) is 5.26 Å². The minimum Gasteiger partial charge on any atom is -0.384 e. The van der Waals surface area contributed by atoms with Gasteiger partial charge in [-0.15, -0.1) is 0 Å². The van der Waals surface area contributed by atoms with E-state index in [1.165, 1.54) is 12.1 Å². The molecule has 3 aromatic rings. The van der Waals surface area contributed by atoms with Crippen LogP contribution < -0.4 is 4.90 Å². The summed E-state index contributed by atoms with van der Waals surface area (Å²) in [7, 11) is 0. The van der Waals surface area contributed by atoms with Crippen LogP contribution in [0.1, 0.15) is 29.7 Å². The fourth-order valence-electron chi connectivity index (χ4n) is 4.39. The van der Waals surface area contributed by atoms with Gasteiger partial charge in [0, 0.05) is 31.2 Å². The standard InChI is InChI=1S/C26H24Cl2FN3O/c1-26(33,20-5-9-22(29)10-6-20)17-31-12-13-32(24-11-2-18(15-30)14-23(24)28)25(16-31)19-3-7-21(27)8-4-19/h2-11,14,25,33H,12-13,16-17H2,1H3/t25-,26+/m0/s1. The van der Waals surface area contributed by atoms with Crippen LogP contribution in [0.2, 0.25) is 10.0 Å². The second-order valence-electron chi connectivity index (χ2n) is 8.55. The van der Waals surface area contributed by atoms with Crippen LogP contribution in [-0.2, 0) is 5.60 Å². The van der Waals surface area contributed by atoms with Crippen molar-refractivity contribution in [1.82, 2.24) is 4.90 Å². The average molecular weight is 484 g/mol. The number of aliphatic hydroxyl groups is 1. The van der Waals surface area contributed by atoms with Crippen LogP contribution in [0.5, 0.6) is 0 Å². The Hall–Kier alpha value is -2.62. The predicted octanol–water partition coefficient (Wildman–Crippen LogP) is 5.78. The molecule has 1 aliphatic rings. The first-order valence-electron chi connectivity index (χ1n) is 10.7. The first kappa shape index (κ1) is 23.5. The third kappa shape index (κ3) is 5.31. The molecule has 33 heavy (non-hydrogen) atoms. The van der Waals surface area contributed by atoms with Crippen LogP contribution in [0.4, 0.5) is 10.1 Å². The van der Waals surface area contributed by atoms with Crippen molar-refractivity contribution in [3.8, 4) is 6.07 Å². The zero-order valence-electron chi connectivity index (χ0n) is 18.2. The number of nitrogens with zero attached hydrogens (tertiary/aromatic N) is 3. The van der Waals surface area contributed by atoms with Crippen LogP contribution in [0.3, 0.4) is 0 Å². The van der Waals surface area contributed by atoms with E-state index in [9.17, 15) is 14.8 Å². The van der Waals surface area contributed by atoms with Crippen molar-refractivity contribution in [2.45, 2.75) is 18.6 Å². The molecule has 1 heterocycles. The molecule has 0 amide bonds. The van der Waals surface area contributed by atoms with E-state index >= 15 is 0 Å². The molecule has 170 valence electrons. The van der Waals surface area contributed by atoms with E-state index in [2.05, 4.69) is 15.9 Å². The van der Waals surface area contributed by atoms with Crippen LogP contribution >= 0.6 is 23.2 Å². The number of hydrogen-bond donors (Lipinski definition) is 1. The SMILES string of the molecule is C[C@@](O)(CN1CCN(c2ccc(C#N)cc2Cl)[C@H](c2ccc(Cl)cc2)C1)c1ccc(F)cc1. The lowest BCUT2D eigenvalue weighted by Gasteiger charge is -2.45. The van der Waals surface area contributed by atoms with Gasteiger partial charge in [-0.25, -0.2) is 4.39 Å². The molecular formula is C26H24Cl2FN3O. The lowest BCUT2D eigenvalue weighted by Crippen LogP contribution is -2.52. The predicted molar refractivity (Wildman–Crippen MR) is 130 cm³/mol. The van der Waals surface area contributed by atoms with E-state index in [1.807, 2.05) is 30.3 Å². The van der Waals surface area contributed by atoms with Crippen molar-refractivity contribution < 1.29 is 9.50 Å². The van der Waals surface area contributed by atoms with Crippen LogP contribution in [-0.4, -0.2) is 36.2 Å². The van der Waals surface area contributed by atoms with Crippen molar-refractivity contribution in [3.05, 3.63) is 99.3 Å². The number of benzene rings is 3. The van der Waals surface area contributed by atoms with E-state index < -0.39 is 5.60 Å². The Kier molecular flexibility index (Phi) is 6.92. The van der Waals surface area contributed by atoms with Crippen molar-refractivity contribution in [1.29, 1.82) is 5.26 Å². The number of nitriles is 1. The Labute approximate surface area is 203 Å². The summed E-state index contributed by atoms with van der Waals surface area (Å²) >= 11 is 12.7. The molecule has 0 bridgehead atoms. The van der Waals surface area contributed by atoms with Gasteiger partial charge in [-0.05, 0) is 60.5 Å². The summed E-state index contributed by atoms with van der Waals surface area (Å²) in [6.45, 7) is 4.19. The number of rotatable bonds is 5. The Morgan fingerprint density at radius 3 is 2.39 bits per heavy atom. The van der Waals surface area contributed by atoms with Gasteiger partial charge >= 0.3 is 0 Å². The molecule has 7 heteroatoms. The number of β-amino-alcohol motifs (C(OH)–C–C–N with tert-alkyl or cyclic N) is 1. The Bertz CT molecular complexity index is 1160. The Balaban J connectivity index is 1.62. The first-order valence-corrected chi connectivity index (χ1v) is 11.4. The normalized spacial score (nSPS) is 18.5. The number of piperazine rings is 1. The molecular weight excluding hydrogens is 460 g/mol. The quantitative estimate of drug-likeness (QED) is 0.499. The van der Waals surface area contributed by atoms with Gasteiger partial charge in [0.25, 0.3) is 0 Å². The summed E-state index contributed by atoms with van der Waals surface area (Å²) in [5.41, 5.74) is 1.99. The summed E-state index contributed by atoms with van der Waals surface area (Å²) in [5, 5.41) is 21.5. The lowest BCUT2D eigenvalue weighted by atomic mass is 9.94. The number of halogens is 3. The maximum Gasteiger partial charge on any atom is 0.123 e. The number of hydrogen-bond acceptors (Lipinski definition) is 4. The third-order valence-electron chi connectivity index (χ3n) is 6.10. The van der Waals surface area contributed by atoms with Gasteiger partial charge in [0.05, 0.1) is 34.0 Å². The van der Waals surface area contributed by atoms with Crippen LogP contribution in [0, 0.1) is 17.1 Å². The van der Waals surface area contributed by atoms with Gasteiger partial charge in [-0.1, -0.05) is 47.5 Å². The van der Waals surface area contributed by atoms with E-state index in [-0.39, 0.29) is 11.9 Å². The Morgan fingerprint density at radius 1 is 1.06 bits per heavy atom. The highest BCUT2D eigenvalue weighted by molar-refractivity contribution is 6.33. The summed E-state index contributed by atoms with van der Waals surface area (Å²) in [6, 6.07) is 21.1. The molecule has 0 unspecified atom stereocenters. The summed E-state index contributed by atoms with van der Waals surface area (Å²) in [4.78, 5) is 4.44. The molecule has 1 fully saturated rings. The van der Waals surface area contributed by atoms with E-state index in [4.69, 9.17) is 23.2 Å².